The molecule has 3 aromatic heterocycles. The summed E-state index contributed by atoms with van der Waals surface area (Å²) in [5, 5.41) is 2.69. The van der Waals surface area contributed by atoms with E-state index in [1.807, 2.05) is 23.8 Å². The fourth-order valence-electron chi connectivity index (χ4n) is 2.87. The molecule has 1 aromatic carbocycles. The molecule has 23 heavy (non-hydrogen) atoms. The second-order valence-electron chi connectivity index (χ2n) is 5.66. The van der Waals surface area contributed by atoms with Gasteiger partial charge in [-0.1, -0.05) is 23.8 Å². The van der Waals surface area contributed by atoms with Crippen LogP contribution >= 0.6 is 11.3 Å². The van der Waals surface area contributed by atoms with Crippen LogP contribution in [0.15, 0.2) is 46.8 Å². The SMILES string of the molecule is Cc1ccc(-c2csc3nc(-c4cc[nH]c4)[nH]c(=O)c23)c(C)c1. The van der Waals surface area contributed by atoms with E-state index in [0.717, 1.165) is 21.5 Å². The number of rotatable bonds is 2. The van der Waals surface area contributed by atoms with Crippen LogP contribution in [0.25, 0.3) is 32.7 Å². The standard InChI is InChI=1S/C18H15N3OS/c1-10-3-4-13(11(2)7-10)14-9-23-18-15(14)17(22)20-16(21-18)12-5-6-19-8-12/h3-9,19H,1-2H3,(H,20,21,22). The van der Waals surface area contributed by atoms with Crippen molar-refractivity contribution in [2.24, 2.45) is 0 Å². The Morgan fingerprint density at radius 2 is 2.00 bits per heavy atom. The minimum absolute atomic E-state index is 0.0950. The third kappa shape index (κ3) is 2.29. The number of benzene rings is 1. The van der Waals surface area contributed by atoms with E-state index in [9.17, 15) is 4.79 Å². The Kier molecular flexibility index (Phi) is 3.16. The molecule has 0 atom stereocenters. The Bertz CT molecular complexity index is 1060. The molecule has 0 aliphatic rings. The molecule has 0 aliphatic carbocycles. The number of hydrogen-bond acceptors (Lipinski definition) is 3. The first kappa shape index (κ1) is 14.0. The maximum absolute atomic E-state index is 12.6. The van der Waals surface area contributed by atoms with Gasteiger partial charge in [-0.05, 0) is 31.0 Å². The number of H-pyrrole nitrogens is 2. The van der Waals surface area contributed by atoms with Gasteiger partial charge in [0.15, 0.2) is 0 Å². The van der Waals surface area contributed by atoms with E-state index in [4.69, 9.17) is 0 Å². The average Bonchev–Trinajstić information content (AvgIpc) is 3.16. The van der Waals surface area contributed by atoms with Gasteiger partial charge in [0, 0.05) is 28.9 Å². The highest BCUT2D eigenvalue weighted by Gasteiger charge is 2.15. The molecule has 0 saturated carbocycles. The van der Waals surface area contributed by atoms with E-state index < -0.39 is 0 Å². The van der Waals surface area contributed by atoms with Gasteiger partial charge < -0.3 is 9.97 Å². The van der Waals surface area contributed by atoms with Gasteiger partial charge in [-0.25, -0.2) is 4.98 Å². The zero-order valence-corrected chi connectivity index (χ0v) is 13.6. The molecule has 0 bridgehead atoms. The van der Waals surface area contributed by atoms with Crippen LogP contribution in [0.5, 0.6) is 0 Å². The minimum atomic E-state index is -0.0950. The number of hydrogen-bond donors (Lipinski definition) is 2. The monoisotopic (exact) mass is 321 g/mol. The molecule has 4 rings (SSSR count). The molecule has 114 valence electrons. The Balaban J connectivity index is 1.95. The molecule has 3 heterocycles. The van der Waals surface area contributed by atoms with Crippen LogP contribution in [0.1, 0.15) is 11.1 Å². The van der Waals surface area contributed by atoms with Crippen molar-refractivity contribution in [3.63, 3.8) is 0 Å². The minimum Gasteiger partial charge on any atom is -0.367 e. The first-order valence-corrected chi connectivity index (χ1v) is 8.24. The summed E-state index contributed by atoms with van der Waals surface area (Å²) in [5.74, 6) is 0.595. The van der Waals surface area contributed by atoms with E-state index >= 15 is 0 Å². The fraction of sp³-hybridized carbons (Fsp3) is 0.111. The number of aryl methyl sites for hydroxylation is 2. The summed E-state index contributed by atoms with van der Waals surface area (Å²) in [6.07, 6.45) is 3.64. The molecular weight excluding hydrogens is 306 g/mol. The van der Waals surface area contributed by atoms with Crippen molar-refractivity contribution in [1.82, 2.24) is 15.0 Å². The van der Waals surface area contributed by atoms with Crippen LogP contribution in [-0.2, 0) is 0 Å². The summed E-state index contributed by atoms with van der Waals surface area (Å²) in [7, 11) is 0. The second-order valence-corrected chi connectivity index (χ2v) is 6.52. The van der Waals surface area contributed by atoms with E-state index in [0.29, 0.717) is 11.2 Å². The summed E-state index contributed by atoms with van der Waals surface area (Å²) in [6, 6.07) is 8.17. The highest BCUT2D eigenvalue weighted by molar-refractivity contribution is 7.17. The number of fused-ring (bicyclic) bond motifs is 1. The third-order valence-corrected chi connectivity index (χ3v) is 4.86. The smallest absolute Gasteiger partial charge is 0.260 e. The van der Waals surface area contributed by atoms with Gasteiger partial charge in [0.25, 0.3) is 5.56 Å². The fourth-order valence-corrected chi connectivity index (χ4v) is 3.81. The lowest BCUT2D eigenvalue weighted by Gasteiger charge is -2.06. The zero-order valence-electron chi connectivity index (χ0n) is 12.8. The van der Waals surface area contributed by atoms with E-state index in [1.54, 1.807) is 0 Å². The van der Waals surface area contributed by atoms with Gasteiger partial charge in [0.05, 0.1) is 5.39 Å². The van der Waals surface area contributed by atoms with Crippen LogP contribution in [0.2, 0.25) is 0 Å². The van der Waals surface area contributed by atoms with Crippen molar-refractivity contribution in [3.05, 3.63) is 63.5 Å². The molecule has 0 radical (unpaired) electrons. The van der Waals surface area contributed by atoms with Crippen molar-refractivity contribution < 1.29 is 0 Å². The number of thiophene rings is 1. The number of aromatic amines is 2. The van der Waals surface area contributed by atoms with Gasteiger partial charge in [-0.15, -0.1) is 11.3 Å². The molecule has 0 fully saturated rings. The average molecular weight is 321 g/mol. The number of aromatic nitrogens is 3. The topological polar surface area (TPSA) is 61.5 Å². The molecule has 5 heteroatoms. The number of nitrogens with zero attached hydrogens (tertiary/aromatic N) is 1. The third-order valence-electron chi connectivity index (χ3n) is 3.99. The van der Waals surface area contributed by atoms with Gasteiger partial charge in [-0.3, -0.25) is 4.79 Å². The summed E-state index contributed by atoms with van der Waals surface area (Å²) >= 11 is 1.51. The van der Waals surface area contributed by atoms with Crippen LogP contribution in [0.4, 0.5) is 0 Å². The van der Waals surface area contributed by atoms with Gasteiger partial charge in [-0.2, -0.15) is 0 Å². The molecule has 4 aromatic rings. The lowest BCUT2D eigenvalue weighted by Crippen LogP contribution is -2.08. The van der Waals surface area contributed by atoms with E-state index in [2.05, 4.69) is 47.0 Å². The van der Waals surface area contributed by atoms with Gasteiger partial charge in [0.1, 0.15) is 10.7 Å². The lowest BCUT2D eigenvalue weighted by atomic mass is 9.99. The van der Waals surface area contributed by atoms with E-state index in [1.165, 1.54) is 22.5 Å². The van der Waals surface area contributed by atoms with Crippen LogP contribution in [-0.4, -0.2) is 15.0 Å². The molecule has 4 nitrogen and oxygen atoms in total. The van der Waals surface area contributed by atoms with Crippen LogP contribution in [0.3, 0.4) is 0 Å². The highest BCUT2D eigenvalue weighted by Crippen LogP contribution is 2.33. The largest absolute Gasteiger partial charge is 0.367 e. The molecule has 0 amide bonds. The van der Waals surface area contributed by atoms with Gasteiger partial charge in [0.2, 0.25) is 0 Å². The normalized spacial score (nSPS) is 11.2. The molecule has 2 N–H and O–H groups in total. The second kappa shape index (κ2) is 5.21. The van der Waals surface area contributed by atoms with Crippen LogP contribution in [0, 0.1) is 13.8 Å². The molecule has 0 aliphatic heterocycles. The molecule has 0 spiro atoms. The Hall–Kier alpha value is -2.66. The Labute approximate surface area is 136 Å². The molecule has 0 unspecified atom stereocenters. The first-order valence-electron chi connectivity index (χ1n) is 7.36. The molecule has 0 saturated heterocycles. The highest BCUT2D eigenvalue weighted by atomic mass is 32.1. The van der Waals surface area contributed by atoms with Crippen molar-refractivity contribution >= 4 is 21.6 Å². The van der Waals surface area contributed by atoms with Crippen molar-refractivity contribution in [1.29, 1.82) is 0 Å². The number of nitrogens with one attached hydrogen (secondary N) is 2. The van der Waals surface area contributed by atoms with E-state index in [-0.39, 0.29) is 5.56 Å². The van der Waals surface area contributed by atoms with Gasteiger partial charge >= 0.3 is 0 Å². The lowest BCUT2D eigenvalue weighted by molar-refractivity contribution is 1.19. The molecular formula is C18H15N3OS. The van der Waals surface area contributed by atoms with Crippen molar-refractivity contribution in [2.45, 2.75) is 13.8 Å². The summed E-state index contributed by atoms with van der Waals surface area (Å²) in [6.45, 7) is 4.14. The summed E-state index contributed by atoms with van der Waals surface area (Å²) < 4.78 is 0. The van der Waals surface area contributed by atoms with Crippen molar-refractivity contribution in [2.75, 3.05) is 0 Å². The predicted molar refractivity (Wildman–Crippen MR) is 94.9 cm³/mol. The Morgan fingerprint density at radius 1 is 1.13 bits per heavy atom. The van der Waals surface area contributed by atoms with Crippen molar-refractivity contribution in [3.8, 4) is 22.5 Å². The quantitative estimate of drug-likeness (QED) is 0.579. The zero-order chi connectivity index (χ0) is 16.0. The Morgan fingerprint density at radius 3 is 2.74 bits per heavy atom. The maximum Gasteiger partial charge on any atom is 0.260 e. The maximum atomic E-state index is 12.6. The first-order chi connectivity index (χ1) is 11.1. The van der Waals surface area contributed by atoms with Crippen LogP contribution < -0.4 is 5.56 Å². The summed E-state index contributed by atoms with van der Waals surface area (Å²) in [5.41, 5.74) is 5.21. The predicted octanol–water partition coefficient (Wildman–Crippen LogP) is 4.26. The summed E-state index contributed by atoms with van der Waals surface area (Å²) in [4.78, 5) is 23.9.